The summed E-state index contributed by atoms with van der Waals surface area (Å²) in [7, 11) is 0. The van der Waals surface area contributed by atoms with Gasteiger partial charge in [0.2, 0.25) is 0 Å². The van der Waals surface area contributed by atoms with Crippen LogP contribution in [0.1, 0.15) is 49.9 Å². The van der Waals surface area contributed by atoms with Gasteiger partial charge in [0.25, 0.3) is 0 Å². The smallest absolute Gasteiger partial charge is 0.180 e. The molecular weight excluding hydrogens is 382 g/mol. The molecule has 0 aliphatic heterocycles. The molecule has 0 saturated heterocycles. The van der Waals surface area contributed by atoms with Crippen molar-refractivity contribution < 1.29 is 13.9 Å². The highest BCUT2D eigenvalue weighted by Crippen LogP contribution is 2.41. The summed E-state index contributed by atoms with van der Waals surface area (Å²) >= 11 is 5.90. The van der Waals surface area contributed by atoms with E-state index in [4.69, 9.17) is 17.3 Å². The molecular formula is C22H23ClF2N2O. The van der Waals surface area contributed by atoms with Crippen molar-refractivity contribution in [1.29, 1.82) is 0 Å². The Hall–Kier alpha value is -2.00. The lowest BCUT2D eigenvalue weighted by Gasteiger charge is -2.23. The van der Waals surface area contributed by atoms with Crippen LogP contribution in [0.25, 0.3) is 11.3 Å². The molecule has 0 bridgehead atoms. The third-order valence-electron chi connectivity index (χ3n) is 5.07. The average Bonchev–Trinajstić information content (AvgIpc) is 3.03. The quantitative estimate of drug-likeness (QED) is 0.583. The fourth-order valence-corrected chi connectivity index (χ4v) is 3.60. The molecule has 0 saturated carbocycles. The van der Waals surface area contributed by atoms with E-state index in [1.54, 1.807) is 6.07 Å². The molecule has 6 heteroatoms. The normalized spacial score (nSPS) is 17.8. The minimum atomic E-state index is -1.66. The Labute approximate surface area is 168 Å². The summed E-state index contributed by atoms with van der Waals surface area (Å²) in [6.45, 7) is 5.72. The van der Waals surface area contributed by atoms with Crippen molar-refractivity contribution in [3.63, 3.8) is 0 Å². The second-order valence-corrected chi connectivity index (χ2v) is 8.01. The lowest BCUT2D eigenvalue weighted by atomic mass is 9.92. The maximum atomic E-state index is 14.6. The van der Waals surface area contributed by atoms with Gasteiger partial charge in [-0.1, -0.05) is 44.2 Å². The molecule has 0 radical (unpaired) electrons. The number of hydrogen-bond acceptors (Lipinski definition) is 3. The Morgan fingerprint density at radius 3 is 2.68 bits per heavy atom. The first kappa shape index (κ1) is 20.7. The first-order valence-electron chi connectivity index (χ1n) is 9.30. The Kier molecular flexibility index (Phi) is 5.77. The average molecular weight is 405 g/mol. The van der Waals surface area contributed by atoms with Crippen molar-refractivity contribution >= 4 is 11.6 Å². The molecule has 2 aromatic rings. The number of nitrogens with two attached hydrogens (primary N) is 1. The van der Waals surface area contributed by atoms with Crippen LogP contribution >= 0.6 is 11.6 Å². The zero-order valence-corrected chi connectivity index (χ0v) is 16.9. The molecule has 148 valence electrons. The molecule has 0 fully saturated rings. The molecule has 1 aromatic heterocycles. The molecule has 1 aliphatic rings. The number of pyridine rings is 1. The zero-order valence-electron chi connectivity index (χ0n) is 16.1. The fourth-order valence-electron chi connectivity index (χ4n) is 3.43. The van der Waals surface area contributed by atoms with Gasteiger partial charge in [0.1, 0.15) is 11.6 Å². The van der Waals surface area contributed by atoms with Crippen LogP contribution in [0.2, 0.25) is 5.02 Å². The SMILES string of the molecule is CC(C)C#CC(O)(CN)c1cc2c(c(-c3cc(Cl)c(F)cc3F)n1)CCC2C. The van der Waals surface area contributed by atoms with Gasteiger partial charge >= 0.3 is 0 Å². The predicted octanol–water partition coefficient (Wildman–Crippen LogP) is 4.54. The van der Waals surface area contributed by atoms with Crippen LogP contribution in [0, 0.1) is 29.4 Å². The molecule has 3 nitrogen and oxygen atoms in total. The maximum absolute atomic E-state index is 14.6. The van der Waals surface area contributed by atoms with Gasteiger partial charge in [0.05, 0.1) is 16.4 Å². The summed E-state index contributed by atoms with van der Waals surface area (Å²) in [6.07, 6.45) is 1.59. The molecule has 2 atom stereocenters. The number of rotatable bonds is 3. The summed E-state index contributed by atoms with van der Waals surface area (Å²) < 4.78 is 28.2. The summed E-state index contributed by atoms with van der Waals surface area (Å²) in [5.74, 6) is 4.43. The molecule has 3 rings (SSSR count). The van der Waals surface area contributed by atoms with Crippen molar-refractivity contribution in [2.45, 2.75) is 45.1 Å². The zero-order chi connectivity index (χ0) is 20.6. The van der Waals surface area contributed by atoms with Crippen LogP contribution in [0.4, 0.5) is 8.78 Å². The minimum Gasteiger partial charge on any atom is -0.371 e. The largest absolute Gasteiger partial charge is 0.371 e. The fraction of sp³-hybridized carbons (Fsp3) is 0.409. The van der Waals surface area contributed by atoms with Crippen LogP contribution in [-0.4, -0.2) is 16.6 Å². The molecule has 28 heavy (non-hydrogen) atoms. The topological polar surface area (TPSA) is 59.1 Å². The minimum absolute atomic E-state index is 0.0410. The van der Waals surface area contributed by atoms with E-state index in [1.807, 2.05) is 13.8 Å². The monoisotopic (exact) mass is 404 g/mol. The van der Waals surface area contributed by atoms with Gasteiger partial charge in [-0.3, -0.25) is 0 Å². The van der Waals surface area contributed by atoms with E-state index < -0.39 is 17.2 Å². The highest BCUT2D eigenvalue weighted by atomic mass is 35.5. The van der Waals surface area contributed by atoms with E-state index in [1.165, 1.54) is 6.07 Å². The second-order valence-electron chi connectivity index (χ2n) is 7.60. The third kappa shape index (κ3) is 3.77. The van der Waals surface area contributed by atoms with Crippen LogP contribution in [0.15, 0.2) is 18.2 Å². The predicted molar refractivity (Wildman–Crippen MR) is 107 cm³/mol. The van der Waals surface area contributed by atoms with Gasteiger partial charge in [-0.2, -0.15) is 0 Å². The van der Waals surface area contributed by atoms with Crippen molar-refractivity contribution in [3.8, 4) is 23.1 Å². The Morgan fingerprint density at radius 1 is 1.32 bits per heavy atom. The number of nitrogens with zero attached hydrogens (tertiary/aromatic N) is 1. The van der Waals surface area contributed by atoms with E-state index in [0.717, 1.165) is 23.6 Å². The molecule has 1 aliphatic carbocycles. The molecule has 2 unspecified atom stereocenters. The third-order valence-corrected chi connectivity index (χ3v) is 5.36. The summed E-state index contributed by atoms with van der Waals surface area (Å²) in [5, 5.41) is 10.9. The van der Waals surface area contributed by atoms with Gasteiger partial charge in [-0.15, -0.1) is 0 Å². The van der Waals surface area contributed by atoms with Crippen molar-refractivity contribution in [2.24, 2.45) is 11.7 Å². The first-order chi connectivity index (χ1) is 13.2. The first-order valence-corrected chi connectivity index (χ1v) is 9.68. The van der Waals surface area contributed by atoms with Crippen LogP contribution in [0.3, 0.4) is 0 Å². The van der Waals surface area contributed by atoms with Gasteiger partial charge < -0.3 is 10.8 Å². The lowest BCUT2D eigenvalue weighted by molar-refractivity contribution is 0.105. The van der Waals surface area contributed by atoms with Crippen LogP contribution in [0.5, 0.6) is 0 Å². The van der Waals surface area contributed by atoms with Crippen LogP contribution < -0.4 is 5.73 Å². The van der Waals surface area contributed by atoms with Gasteiger partial charge in [-0.25, -0.2) is 13.8 Å². The van der Waals surface area contributed by atoms with Crippen molar-refractivity contribution in [3.05, 3.63) is 51.7 Å². The standard InChI is InChI=1S/C22H23ClF2N2O/c1-12(2)6-7-22(28,11-26)20-9-15-13(3)4-5-14(15)21(27-20)16-8-17(23)19(25)10-18(16)24/h8-10,12-13,28H,4-5,11,26H2,1-3H3. The van der Waals surface area contributed by atoms with Crippen molar-refractivity contribution in [1.82, 2.24) is 4.98 Å². The number of aromatic nitrogens is 1. The van der Waals surface area contributed by atoms with Crippen LogP contribution in [-0.2, 0) is 12.0 Å². The number of aliphatic hydroxyl groups is 1. The second kappa shape index (κ2) is 7.79. The number of fused-ring (bicyclic) bond motifs is 1. The molecule has 0 amide bonds. The number of halogens is 3. The molecule has 0 spiro atoms. The van der Waals surface area contributed by atoms with Gasteiger partial charge in [-0.05, 0) is 42.0 Å². The van der Waals surface area contributed by atoms with E-state index >= 15 is 0 Å². The number of benzene rings is 1. The summed E-state index contributed by atoms with van der Waals surface area (Å²) in [5.41, 5.74) is 6.76. The Bertz CT molecular complexity index is 981. The Balaban J connectivity index is 2.27. The summed E-state index contributed by atoms with van der Waals surface area (Å²) in [6, 6.07) is 3.80. The van der Waals surface area contributed by atoms with E-state index in [2.05, 4.69) is 23.7 Å². The summed E-state index contributed by atoms with van der Waals surface area (Å²) in [4.78, 5) is 4.55. The molecule has 1 aromatic carbocycles. The highest BCUT2D eigenvalue weighted by molar-refractivity contribution is 6.31. The number of hydrogen-bond donors (Lipinski definition) is 2. The lowest BCUT2D eigenvalue weighted by Crippen LogP contribution is -2.35. The molecule has 1 heterocycles. The van der Waals surface area contributed by atoms with E-state index in [-0.39, 0.29) is 34.7 Å². The van der Waals surface area contributed by atoms with Gasteiger partial charge in [0, 0.05) is 24.1 Å². The Morgan fingerprint density at radius 2 is 2.04 bits per heavy atom. The van der Waals surface area contributed by atoms with E-state index in [0.29, 0.717) is 12.1 Å². The highest BCUT2D eigenvalue weighted by Gasteiger charge is 2.33. The van der Waals surface area contributed by atoms with Gasteiger partial charge in [0.15, 0.2) is 5.60 Å². The maximum Gasteiger partial charge on any atom is 0.180 e. The van der Waals surface area contributed by atoms with E-state index in [9.17, 15) is 13.9 Å². The van der Waals surface area contributed by atoms with Crippen molar-refractivity contribution in [2.75, 3.05) is 6.54 Å². The molecule has 3 N–H and O–H groups in total.